The lowest BCUT2D eigenvalue weighted by molar-refractivity contribution is -0.142. The Labute approximate surface area is 248 Å². The number of amides is 1. The molecule has 1 saturated carbocycles. The van der Waals surface area contributed by atoms with E-state index in [2.05, 4.69) is 27.1 Å². The van der Waals surface area contributed by atoms with Gasteiger partial charge in [0.2, 0.25) is 5.91 Å². The molecular formula is C33H42N4O5. The zero-order valence-electron chi connectivity index (χ0n) is 25.0. The van der Waals surface area contributed by atoms with Gasteiger partial charge in [-0.25, -0.2) is 4.98 Å². The highest BCUT2D eigenvalue weighted by molar-refractivity contribution is 5.89. The van der Waals surface area contributed by atoms with Crippen LogP contribution >= 0.6 is 0 Å². The number of ether oxygens (including phenoxy) is 2. The van der Waals surface area contributed by atoms with Crippen molar-refractivity contribution in [2.45, 2.75) is 83.8 Å². The number of hydrogen-bond donors (Lipinski definition) is 2. The van der Waals surface area contributed by atoms with Crippen molar-refractivity contribution in [2.24, 2.45) is 0 Å². The number of nitrogens with zero attached hydrogens (tertiary/aromatic N) is 3. The van der Waals surface area contributed by atoms with Crippen molar-refractivity contribution in [3.63, 3.8) is 0 Å². The van der Waals surface area contributed by atoms with Gasteiger partial charge in [0.25, 0.3) is 0 Å². The molecule has 1 aromatic heterocycles. The fourth-order valence-corrected chi connectivity index (χ4v) is 4.69. The van der Waals surface area contributed by atoms with Crippen molar-refractivity contribution in [1.82, 2.24) is 9.97 Å². The summed E-state index contributed by atoms with van der Waals surface area (Å²) >= 11 is 0. The summed E-state index contributed by atoms with van der Waals surface area (Å²) in [6.45, 7) is 8.83. The zero-order valence-corrected chi connectivity index (χ0v) is 25.0. The maximum Gasteiger partial charge on any atom is 0.313 e. The molecule has 1 aliphatic carbocycles. The number of rotatable bonds is 15. The minimum atomic E-state index is -0.969. The Hall–Kier alpha value is -4.14. The van der Waals surface area contributed by atoms with E-state index in [1.165, 1.54) is 6.42 Å². The van der Waals surface area contributed by atoms with Crippen molar-refractivity contribution >= 4 is 23.5 Å². The molecule has 1 heterocycles. The molecule has 1 amide bonds. The summed E-state index contributed by atoms with van der Waals surface area (Å²) < 4.78 is 12.4. The van der Waals surface area contributed by atoms with Crippen LogP contribution in [0.3, 0.4) is 0 Å². The van der Waals surface area contributed by atoms with E-state index in [9.17, 15) is 14.7 Å². The second-order valence-corrected chi connectivity index (χ2v) is 11.4. The molecule has 1 aliphatic rings. The highest BCUT2D eigenvalue weighted by atomic mass is 16.5. The number of aliphatic carboxylic acids is 1. The number of carbonyl (C=O) groups is 2. The maximum absolute atomic E-state index is 12.7. The van der Waals surface area contributed by atoms with Gasteiger partial charge >= 0.3 is 5.97 Å². The standard InChI is InChI=1S/C33H42N4O5/c1-5-19-37(22-23(2)41-27-11-6-7-12-28(27)42-26-9-8-10-26)30-21-34-20-29(35-30)36-31(38)18-15-24-13-16-25(17-14-24)33(3,4)32(39)40/h6-7,11-14,16-17,20-21,23,26H,5,8-10,15,18-19,22H2,1-4H3,(H,39,40)(H,35,36,38)/t23-/m1/s1. The normalized spacial score (nSPS) is 14.0. The summed E-state index contributed by atoms with van der Waals surface area (Å²) in [6.07, 6.45) is 8.44. The monoisotopic (exact) mass is 574 g/mol. The summed E-state index contributed by atoms with van der Waals surface area (Å²) in [6, 6.07) is 15.2. The molecule has 224 valence electrons. The van der Waals surface area contributed by atoms with Crippen LogP contribution in [0, 0.1) is 0 Å². The van der Waals surface area contributed by atoms with Gasteiger partial charge in [-0.3, -0.25) is 14.6 Å². The topological polar surface area (TPSA) is 114 Å². The molecule has 4 rings (SSSR count). The fraction of sp³-hybridized carbons (Fsp3) is 0.455. The first-order valence-corrected chi connectivity index (χ1v) is 14.8. The molecule has 1 atom stereocenters. The molecule has 2 N–H and O–H groups in total. The Bertz CT molecular complexity index is 1340. The first kappa shape index (κ1) is 30.8. The first-order chi connectivity index (χ1) is 20.2. The van der Waals surface area contributed by atoms with E-state index >= 15 is 0 Å². The van der Waals surface area contributed by atoms with E-state index in [-0.39, 0.29) is 24.5 Å². The lowest BCUT2D eigenvalue weighted by Gasteiger charge is -2.29. The molecule has 0 unspecified atom stereocenters. The second-order valence-electron chi connectivity index (χ2n) is 11.4. The van der Waals surface area contributed by atoms with E-state index in [0.717, 1.165) is 48.4 Å². The third-order valence-electron chi connectivity index (χ3n) is 7.56. The second kappa shape index (κ2) is 14.2. The highest BCUT2D eigenvalue weighted by Gasteiger charge is 2.29. The lowest BCUT2D eigenvalue weighted by atomic mass is 9.84. The Morgan fingerprint density at radius 3 is 2.45 bits per heavy atom. The van der Waals surface area contributed by atoms with Gasteiger partial charge in [-0.2, -0.15) is 0 Å². The van der Waals surface area contributed by atoms with Crippen LogP contribution < -0.4 is 19.7 Å². The van der Waals surface area contributed by atoms with Crippen LogP contribution in [-0.4, -0.2) is 52.2 Å². The third-order valence-corrected chi connectivity index (χ3v) is 7.56. The number of anilines is 2. The summed E-state index contributed by atoms with van der Waals surface area (Å²) in [4.78, 5) is 35.3. The van der Waals surface area contributed by atoms with Gasteiger partial charge < -0.3 is 24.8 Å². The van der Waals surface area contributed by atoms with E-state index in [0.29, 0.717) is 24.6 Å². The van der Waals surface area contributed by atoms with Crippen molar-refractivity contribution in [3.8, 4) is 11.5 Å². The average Bonchev–Trinajstić information content (AvgIpc) is 2.94. The van der Waals surface area contributed by atoms with Crippen molar-refractivity contribution < 1.29 is 24.2 Å². The molecule has 2 aromatic carbocycles. The van der Waals surface area contributed by atoms with Crippen LogP contribution in [0.1, 0.15) is 70.9 Å². The summed E-state index contributed by atoms with van der Waals surface area (Å²) in [5.41, 5.74) is 0.708. The van der Waals surface area contributed by atoms with Crippen LogP contribution in [0.5, 0.6) is 11.5 Å². The van der Waals surface area contributed by atoms with Crippen LogP contribution in [0.4, 0.5) is 11.6 Å². The largest absolute Gasteiger partial charge is 0.487 e. The minimum Gasteiger partial charge on any atom is -0.487 e. The summed E-state index contributed by atoms with van der Waals surface area (Å²) in [5.74, 6) is 1.53. The molecular weight excluding hydrogens is 532 g/mol. The molecule has 0 radical (unpaired) electrons. The van der Waals surface area contributed by atoms with E-state index in [1.807, 2.05) is 55.5 Å². The SMILES string of the molecule is CCCN(C[C@@H](C)Oc1ccccc1OC1CCC1)c1cncc(NC(=O)CCc2ccc(C(C)(C)C(=O)O)cc2)n1. The number of carboxylic acids is 1. The first-order valence-electron chi connectivity index (χ1n) is 14.8. The molecule has 9 heteroatoms. The van der Waals surface area contributed by atoms with E-state index in [4.69, 9.17) is 9.47 Å². The Balaban J connectivity index is 1.33. The predicted molar refractivity (Wildman–Crippen MR) is 163 cm³/mol. The lowest BCUT2D eigenvalue weighted by Crippen LogP contribution is -2.35. The molecule has 0 saturated heterocycles. The fourth-order valence-electron chi connectivity index (χ4n) is 4.69. The number of aromatic nitrogens is 2. The van der Waals surface area contributed by atoms with Gasteiger partial charge in [0.05, 0.1) is 30.5 Å². The highest BCUT2D eigenvalue weighted by Crippen LogP contribution is 2.33. The Kier molecular flexibility index (Phi) is 10.4. The Morgan fingerprint density at radius 1 is 1.10 bits per heavy atom. The number of aryl methyl sites for hydroxylation is 1. The van der Waals surface area contributed by atoms with Gasteiger partial charge in [0.1, 0.15) is 11.9 Å². The minimum absolute atomic E-state index is 0.143. The number of carboxylic acid groups (broad SMARTS) is 1. The maximum atomic E-state index is 12.7. The number of benzene rings is 2. The molecule has 3 aromatic rings. The van der Waals surface area contributed by atoms with Gasteiger partial charge in [-0.05, 0) is 76.1 Å². The van der Waals surface area contributed by atoms with E-state index < -0.39 is 11.4 Å². The van der Waals surface area contributed by atoms with Gasteiger partial charge in [-0.15, -0.1) is 0 Å². The van der Waals surface area contributed by atoms with Crippen LogP contribution in [-0.2, 0) is 21.4 Å². The van der Waals surface area contributed by atoms with Crippen LogP contribution in [0.15, 0.2) is 60.9 Å². The smallest absolute Gasteiger partial charge is 0.313 e. The molecule has 42 heavy (non-hydrogen) atoms. The predicted octanol–water partition coefficient (Wildman–Crippen LogP) is 6.03. The summed E-state index contributed by atoms with van der Waals surface area (Å²) in [5, 5.41) is 12.3. The van der Waals surface area contributed by atoms with Gasteiger partial charge in [0, 0.05) is 13.0 Å². The number of nitrogens with one attached hydrogen (secondary N) is 1. The van der Waals surface area contributed by atoms with Crippen LogP contribution in [0.25, 0.3) is 0 Å². The molecule has 0 aliphatic heterocycles. The number of hydrogen-bond acceptors (Lipinski definition) is 7. The average molecular weight is 575 g/mol. The third kappa shape index (κ3) is 8.21. The van der Waals surface area contributed by atoms with Crippen molar-refractivity contribution in [3.05, 3.63) is 72.1 Å². The van der Waals surface area contributed by atoms with Crippen molar-refractivity contribution in [2.75, 3.05) is 23.3 Å². The van der Waals surface area contributed by atoms with Gasteiger partial charge in [-0.1, -0.05) is 43.3 Å². The molecule has 1 fully saturated rings. The van der Waals surface area contributed by atoms with E-state index in [1.54, 1.807) is 26.2 Å². The number of carbonyl (C=O) groups excluding carboxylic acids is 1. The molecule has 0 spiro atoms. The van der Waals surface area contributed by atoms with Crippen LogP contribution in [0.2, 0.25) is 0 Å². The quantitative estimate of drug-likeness (QED) is 0.226. The molecule has 9 nitrogen and oxygen atoms in total. The summed E-state index contributed by atoms with van der Waals surface area (Å²) in [7, 11) is 0. The van der Waals surface area contributed by atoms with Crippen molar-refractivity contribution in [1.29, 1.82) is 0 Å². The van der Waals surface area contributed by atoms with Gasteiger partial charge in [0.15, 0.2) is 17.3 Å². The Morgan fingerprint density at radius 2 is 1.81 bits per heavy atom. The zero-order chi connectivity index (χ0) is 30.1. The molecule has 0 bridgehead atoms. The number of para-hydroxylation sites is 2.